The van der Waals surface area contributed by atoms with E-state index in [9.17, 15) is 4.79 Å². The van der Waals surface area contributed by atoms with E-state index in [1.165, 1.54) is 0 Å². The van der Waals surface area contributed by atoms with Crippen LogP contribution in [-0.4, -0.2) is 29.4 Å². The van der Waals surface area contributed by atoms with Crippen LogP contribution in [-0.2, 0) is 4.74 Å². The number of imidazole rings is 1. The summed E-state index contributed by atoms with van der Waals surface area (Å²) in [6.07, 6.45) is 1.47. The van der Waals surface area contributed by atoms with E-state index in [1.807, 2.05) is 96.3 Å². The van der Waals surface area contributed by atoms with Gasteiger partial charge in [-0.3, -0.25) is 4.40 Å². The molecular formula is C23H19N3O2. The summed E-state index contributed by atoms with van der Waals surface area (Å²) < 4.78 is 7.87. The summed E-state index contributed by atoms with van der Waals surface area (Å²) in [6, 6.07) is 21.8. The number of ether oxygens (including phenoxy) is 1. The van der Waals surface area contributed by atoms with Crippen LogP contribution in [0.5, 0.6) is 0 Å². The smallest absolute Gasteiger partial charge is 0.339 e. The van der Waals surface area contributed by atoms with Crippen molar-refractivity contribution in [3.05, 3.63) is 89.7 Å². The lowest BCUT2D eigenvalue weighted by Gasteiger charge is -2.15. The van der Waals surface area contributed by atoms with Crippen molar-refractivity contribution in [3.8, 4) is 11.3 Å². The van der Waals surface area contributed by atoms with E-state index in [4.69, 9.17) is 9.72 Å². The summed E-state index contributed by atoms with van der Waals surface area (Å²) in [7, 11) is 3.91. The van der Waals surface area contributed by atoms with Crippen LogP contribution >= 0.6 is 0 Å². The Morgan fingerprint density at radius 3 is 2.57 bits per heavy atom. The number of carbonyl (C=O) groups is 1. The Balaban J connectivity index is 1.74. The summed E-state index contributed by atoms with van der Waals surface area (Å²) in [5, 5.41) is 0. The molecule has 1 atom stereocenters. The van der Waals surface area contributed by atoms with Crippen LogP contribution in [0.15, 0.2) is 72.9 Å². The number of hydrogen-bond donors (Lipinski definition) is 0. The second-order valence-corrected chi connectivity index (χ2v) is 7.09. The first-order valence-electron chi connectivity index (χ1n) is 9.18. The van der Waals surface area contributed by atoms with Crippen molar-refractivity contribution in [1.82, 2.24) is 9.38 Å². The Morgan fingerprint density at radius 1 is 1.00 bits per heavy atom. The largest absolute Gasteiger partial charge is 0.447 e. The molecule has 5 rings (SSSR count). The zero-order chi connectivity index (χ0) is 19.3. The molecule has 138 valence electrons. The van der Waals surface area contributed by atoms with Crippen LogP contribution in [0, 0.1) is 0 Å². The Kier molecular flexibility index (Phi) is 3.69. The Bertz CT molecular complexity index is 1200. The Labute approximate surface area is 162 Å². The lowest BCUT2D eigenvalue weighted by molar-refractivity contribution is 0.0449. The van der Waals surface area contributed by atoms with Crippen LogP contribution in [0.25, 0.3) is 16.9 Å². The molecule has 2 aromatic heterocycles. The van der Waals surface area contributed by atoms with Gasteiger partial charge >= 0.3 is 5.97 Å². The van der Waals surface area contributed by atoms with Crippen molar-refractivity contribution in [2.24, 2.45) is 0 Å². The quantitative estimate of drug-likeness (QED) is 0.505. The summed E-state index contributed by atoms with van der Waals surface area (Å²) in [6.45, 7) is 0. The molecule has 1 aliphatic rings. The van der Waals surface area contributed by atoms with E-state index >= 15 is 0 Å². The van der Waals surface area contributed by atoms with Gasteiger partial charge in [-0.05, 0) is 24.3 Å². The molecule has 1 aliphatic heterocycles. The van der Waals surface area contributed by atoms with Crippen molar-refractivity contribution >= 4 is 17.3 Å². The molecule has 0 fully saturated rings. The van der Waals surface area contributed by atoms with Crippen molar-refractivity contribution in [3.63, 3.8) is 0 Å². The fraction of sp³-hybridized carbons (Fsp3) is 0.130. The van der Waals surface area contributed by atoms with Crippen LogP contribution in [0.1, 0.15) is 27.7 Å². The van der Waals surface area contributed by atoms with Gasteiger partial charge in [0, 0.05) is 37.1 Å². The van der Waals surface area contributed by atoms with Gasteiger partial charge in [-0.15, -0.1) is 0 Å². The maximum atomic E-state index is 12.7. The number of benzene rings is 2. The molecule has 0 spiro atoms. The summed E-state index contributed by atoms with van der Waals surface area (Å²) in [5.74, 6) is -0.298. The zero-order valence-corrected chi connectivity index (χ0v) is 15.7. The van der Waals surface area contributed by atoms with Gasteiger partial charge in [-0.2, -0.15) is 0 Å². The standard InChI is InChI=1S/C23H19N3O2/c1-25(2)16-11-12-17-18(14-16)23(27)28-22(17)21-20(15-8-4-3-5-9-15)24-19-10-6-7-13-26(19)21/h3-14,22H,1-2H3. The van der Waals surface area contributed by atoms with Gasteiger partial charge in [0.1, 0.15) is 5.65 Å². The zero-order valence-electron chi connectivity index (χ0n) is 15.7. The van der Waals surface area contributed by atoms with E-state index in [0.717, 1.165) is 33.8 Å². The number of aromatic nitrogens is 2. The molecule has 28 heavy (non-hydrogen) atoms. The highest BCUT2D eigenvalue weighted by molar-refractivity contribution is 5.96. The van der Waals surface area contributed by atoms with E-state index in [-0.39, 0.29) is 5.97 Å². The maximum Gasteiger partial charge on any atom is 0.339 e. The topological polar surface area (TPSA) is 46.8 Å². The lowest BCUT2D eigenvalue weighted by atomic mass is 9.99. The number of rotatable bonds is 3. The number of fused-ring (bicyclic) bond motifs is 2. The Morgan fingerprint density at radius 2 is 1.79 bits per heavy atom. The fourth-order valence-corrected chi connectivity index (χ4v) is 3.74. The second-order valence-electron chi connectivity index (χ2n) is 7.09. The number of carbonyl (C=O) groups excluding carboxylic acids is 1. The SMILES string of the molecule is CN(C)c1ccc2c(c1)C(=O)OC2c1c(-c2ccccc2)nc2ccccn12. The number of cyclic esters (lactones) is 1. The van der Waals surface area contributed by atoms with Gasteiger partial charge < -0.3 is 9.64 Å². The molecule has 0 amide bonds. The van der Waals surface area contributed by atoms with Crippen LogP contribution in [0.4, 0.5) is 5.69 Å². The van der Waals surface area contributed by atoms with Crippen molar-refractivity contribution in [2.75, 3.05) is 19.0 Å². The van der Waals surface area contributed by atoms with Gasteiger partial charge in [0.05, 0.1) is 17.0 Å². The lowest BCUT2D eigenvalue weighted by Crippen LogP contribution is -2.09. The van der Waals surface area contributed by atoms with Crippen LogP contribution < -0.4 is 4.90 Å². The highest BCUT2D eigenvalue weighted by Crippen LogP contribution is 2.41. The number of anilines is 1. The van der Waals surface area contributed by atoms with E-state index < -0.39 is 6.10 Å². The predicted octanol–water partition coefficient (Wildman–Crippen LogP) is 4.33. The van der Waals surface area contributed by atoms with Crippen molar-refractivity contribution in [2.45, 2.75) is 6.10 Å². The summed E-state index contributed by atoms with van der Waals surface area (Å²) >= 11 is 0. The first-order chi connectivity index (χ1) is 13.6. The molecule has 0 aliphatic carbocycles. The van der Waals surface area contributed by atoms with Gasteiger partial charge in [-0.1, -0.05) is 42.5 Å². The van der Waals surface area contributed by atoms with E-state index in [0.29, 0.717) is 5.56 Å². The molecule has 0 N–H and O–H groups in total. The first kappa shape index (κ1) is 16.6. The second kappa shape index (κ2) is 6.23. The molecule has 3 heterocycles. The molecule has 0 bridgehead atoms. The molecular weight excluding hydrogens is 350 g/mol. The maximum absolute atomic E-state index is 12.7. The summed E-state index contributed by atoms with van der Waals surface area (Å²) in [5.41, 5.74) is 5.97. The normalized spacial score (nSPS) is 15.5. The molecule has 5 nitrogen and oxygen atoms in total. The van der Waals surface area contributed by atoms with Gasteiger partial charge in [-0.25, -0.2) is 9.78 Å². The first-order valence-corrected chi connectivity index (χ1v) is 9.18. The van der Waals surface area contributed by atoms with Gasteiger partial charge in [0.15, 0.2) is 6.10 Å². The third kappa shape index (κ3) is 2.47. The number of hydrogen-bond acceptors (Lipinski definition) is 4. The average molecular weight is 369 g/mol. The van der Waals surface area contributed by atoms with Gasteiger partial charge in [0.25, 0.3) is 0 Å². The predicted molar refractivity (Wildman–Crippen MR) is 109 cm³/mol. The minimum Gasteiger partial charge on any atom is -0.447 e. The molecule has 4 aromatic rings. The van der Waals surface area contributed by atoms with Gasteiger partial charge in [0.2, 0.25) is 0 Å². The average Bonchev–Trinajstić information content (AvgIpc) is 3.26. The monoisotopic (exact) mass is 369 g/mol. The molecule has 0 saturated heterocycles. The Hall–Kier alpha value is -3.60. The minimum absolute atomic E-state index is 0.298. The molecule has 0 saturated carbocycles. The number of esters is 1. The van der Waals surface area contributed by atoms with E-state index in [2.05, 4.69) is 0 Å². The molecule has 2 aromatic carbocycles. The fourth-order valence-electron chi connectivity index (χ4n) is 3.74. The van der Waals surface area contributed by atoms with Crippen LogP contribution in [0.3, 0.4) is 0 Å². The molecule has 5 heteroatoms. The molecule has 1 unspecified atom stereocenters. The highest BCUT2D eigenvalue weighted by atomic mass is 16.5. The number of pyridine rings is 1. The van der Waals surface area contributed by atoms with Crippen LogP contribution in [0.2, 0.25) is 0 Å². The van der Waals surface area contributed by atoms with E-state index in [1.54, 1.807) is 0 Å². The molecule has 0 radical (unpaired) electrons. The van der Waals surface area contributed by atoms with Crippen molar-refractivity contribution < 1.29 is 9.53 Å². The number of nitrogens with zero attached hydrogens (tertiary/aromatic N) is 3. The highest BCUT2D eigenvalue weighted by Gasteiger charge is 2.36. The van der Waals surface area contributed by atoms with Crippen molar-refractivity contribution in [1.29, 1.82) is 0 Å². The summed E-state index contributed by atoms with van der Waals surface area (Å²) in [4.78, 5) is 19.5. The minimum atomic E-state index is -0.494. The third-order valence-corrected chi connectivity index (χ3v) is 5.14. The third-order valence-electron chi connectivity index (χ3n) is 5.14.